The number of halogens is 1. The molecule has 0 bridgehead atoms. The van der Waals surface area contributed by atoms with Crippen LogP contribution in [-0.4, -0.2) is 34.0 Å². The van der Waals surface area contributed by atoms with Crippen molar-refractivity contribution in [2.24, 2.45) is 0 Å². The van der Waals surface area contributed by atoms with E-state index in [1.807, 2.05) is 36.4 Å². The van der Waals surface area contributed by atoms with Crippen LogP contribution in [0.1, 0.15) is 40.2 Å². The molecule has 3 aromatic rings. The number of nitrogens with one attached hydrogen (secondary N) is 1. The van der Waals surface area contributed by atoms with E-state index >= 15 is 0 Å². The molecule has 1 saturated heterocycles. The van der Waals surface area contributed by atoms with Gasteiger partial charge >= 0.3 is 0 Å². The first-order valence-corrected chi connectivity index (χ1v) is 11.1. The van der Waals surface area contributed by atoms with Gasteiger partial charge in [-0.05, 0) is 67.9 Å². The molecule has 2 aromatic carbocycles. The molecule has 2 N–H and O–H groups in total. The standard InChI is InChI=1S/C21H22BrN3O2S/c22-15-4-6-17(14(10-15)12-25-8-2-1-3-9-25)21(27)23-16-5-7-19-18(11-16)24-20(13-26)28-19/h4-7,10-11,26H,1-3,8-9,12-13H2,(H,23,27). The Hall–Kier alpha value is -1.80. The predicted octanol–water partition coefficient (Wildman–Crippen LogP) is 4.79. The molecule has 1 fully saturated rings. The number of hydrogen-bond donors (Lipinski definition) is 2. The number of nitrogens with zero attached hydrogens (tertiary/aromatic N) is 2. The Kier molecular flexibility index (Phi) is 6.06. The lowest BCUT2D eigenvalue weighted by molar-refractivity contribution is 0.102. The number of piperidine rings is 1. The van der Waals surface area contributed by atoms with Crippen LogP contribution in [0, 0.1) is 0 Å². The van der Waals surface area contributed by atoms with Gasteiger partial charge in [0.25, 0.3) is 5.91 Å². The highest BCUT2D eigenvalue weighted by Gasteiger charge is 2.17. The van der Waals surface area contributed by atoms with Gasteiger partial charge < -0.3 is 10.4 Å². The molecule has 0 radical (unpaired) electrons. The number of carbonyl (C=O) groups is 1. The monoisotopic (exact) mass is 459 g/mol. The van der Waals surface area contributed by atoms with Crippen molar-refractivity contribution in [3.05, 3.63) is 57.0 Å². The fourth-order valence-electron chi connectivity index (χ4n) is 3.59. The Balaban J connectivity index is 1.55. The van der Waals surface area contributed by atoms with Gasteiger partial charge in [-0.25, -0.2) is 4.98 Å². The summed E-state index contributed by atoms with van der Waals surface area (Å²) in [7, 11) is 0. The van der Waals surface area contributed by atoms with Gasteiger partial charge in [0.15, 0.2) is 0 Å². The molecule has 4 rings (SSSR count). The fourth-order valence-corrected chi connectivity index (χ4v) is 4.81. The summed E-state index contributed by atoms with van der Waals surface area (Å²) in [6, 6.07) is 11.5. The maximum Gasteiger partial charge on any atom is 0.255 e. The third kappa shape index (κ3) is 4.43. The molecular formula is C21H22BrN3O2S. The van der Waals surface area contributed by atoms with E-state index in [-0.39, 0.29) is 12.5 Å². The van der Waals surface area contributed by atoms with Crippen molar-refractivity contribution in [3.63, 3.8) is 0 Å². The van der Waals surface area contributed by atoms with Gasteiger partial charge in [0.1, 0.15) is 5.01 Å². The summed E-state index contributed by atoms with van der Waals surface area (Å²) in [6.45, 7) is 2.88. The number of anilines is 1. The molecule has 1 aliphatic heterocycles. The number of likely N-dealkylation sites (tertiary alicyclic amines) is 1. The number of hydrogen-bond acceptors (Lipinski definition) is 5. The summed E-state index contributed by atoms with van der Waals surface area (Å²) in [5.41, 5.74) is 3.23. The minimum Gasteiger partial charge on any atom is -0.389 e. The van der Waals surface area contributed by atoms with E-state index in [1.54, 1.807) is 0 Å². The molecule has 7 heteroatoms. The van der Waals surface area contributed by atoms with E-state index in [0.29, 0.717) is 16.3 Å². The number of aromatic nitrogens is 1. The van der Waals surface area contributed by atoms with E-state index in [1.165, 1.54) is 30.6 Å². The minimum absolute atomic E-state index is 0.0697. The molecule has 2 heterocycles. The van der Waals surface area contributed by atoms with Crippen LogP contribution in [0.15, 0.2) is 40.9 Å². The van der Waals surface area contributed by atoms with Crippen LogP contribution in [0.4, 0.5) is 5.69 Å². The Morgan fingerprint density at radius 1 is 1.18 bits per heavy atom. The first kappa shape index (κ1) is 19.5. The zero-order chi connectivity index (χ0) is 19.5. The van der Waals surface area contributed by atoms with Crippen molar-refractivity contribution >= 4 is 49.1 Å². The molecule has 0 unspecified atom stereocenters. The smallest absolute Gasteiger partial charge is 0.255 e. The van der Waals surface area contributed by atoms with E-state index in [4.69, 9.17) is 0 Å². The molecule has 0 saturated carbocycles. The Labute approximate surface area is 176 Å². The summed E-state index contributed by atoms with van der Waals surface area (Å²) >= 11 is 5.00. The van der Waals surface area contributed by atoms with Crippen LogP contribution in [0.5, 0.6) is 0 Å². The Morgan fingerprint density at radius 3 is 2.79 bits per heavy atom. The number of aliphatic hydroxyl groups is 1. The number of fused-ring (bicyclic) bond motifs is 1. The lowest BCUT2D eigenvalue weighted by Gasteiger charge is -2.27. The van der Waals surface area contributed by atoms with Crippen molar-refractivity contribution in [2.75, 3.05) is 18.4 Å². The van der Waals surface area contributed by atoms with Gasteiger partial charge in [0.2, 0.25) is 0 Å². The summed E-state index contributed by atoms with van der Waals surface area (Å²) in [4.78, 5) is 19.8. The predicted molar refractivity (Wildman–Crippen MR) is 117 cm³/mol. The number of carbonyl (C=O) groups excluding carboxylic acids is 1. The highest BCUT2D eigenvalue weighted by molar-refractivity contribution is 9.10. The maximum absolute atomic E-state index is 13.0. The molecule has 0 spiro atoms. The second-order valence-electron chi connectivity index (χ2n) is 7.04. The van der Waals surface area contributed by atoms with Crippen LogP contribution >= 0.6 is 27.3 Å². The van der Waals surface area contributed by atoms with Crippen LogP contribution in [0.3, 0.4) is 0 Å². The first-order valence-electron chi connectivity index (χ1n) is 9.45. The lowest BCUT2D eigenvalue weighted by atomic mass is 10.0. The van der Waals surface area contributed by atoms with Crippen LogP contribution in [0.2, 0.25) is 0 Å². The number of thiazole rings is 1. The summed E-state index contributed by atoms with van der Waals surface area (Å²) < 4.78 is 1.98. The second-order valence-corrected chi connectivity index (χ2v) is 9.07. The number of benzene rings is 2. The highest BCUT2D eigenvalue weighted by Crippen LogP contribution is 2.26. The Morgan fingerprint density at radius 2 is 2.00 bits per heavy atom. The van der Waals surface area contributed by atoms with Crippen LogP contribution < -0.4 is 5.32 Å². The minimum atomic E-state index is -0.114. The van der Waals surface area contributed by atoms with Crippen molar-refractivity contribution in [1.29, 1.82) is 0 Å². The van der Waals surface area contributed by atoms with Crippen molar-refractivity contribution in [3.8, 4) is 0 Å². The molecule has 0 atom stereocenters. The average molecular weight is 460 g/mol. The summed E-state index contributed by atoms with van der Waals surface area (Å²) in [5, 5.41) is 12.9. The summed E-state index contributed by atoms with van der Waals surface area (Å²) in [6.07, 6.45) is 3.73. The molecule has 28 heavy (non-hydrogen) atoms. The SMILES string of the molecule is O=C(Nc1ccc2sc(CO)nc2c1)c1ccc(Br)cc1CN1CCCCC1. The molecular weight excluding hydrogens is 438 g/mol. The highest BCUT2D eigenvalue weighted by atomic mass is 79.9. The van der Waals surface area contributed by atoms with E-state index < -0.39 is 0 Å². The zero-order valence-electron chi connectivity index (χ0n) is 15.4. The van der Waals surface area contributed by atoms with Crippen molar-refractivity contribution < 1.29 is 9.90 Å². The Bertz CT molecular complexity index is 998. The largest absolute Gasteiger partial charge is 0.389 e. The third-order valence-electron chi connectivity index (χ3n) is 4.98. The van der Waals surface area contributed by atoms with Crippen LogP contribution in [-0.2, 0) is 13.2 Å². The lowest BCUT2D eigenvalue weighted by Crippen LogP contribution is -2.30. The molecule has 5 nitrogen and oxygen atoms in total. The van der Waals surface area contributed by atoms with Gasteiger partial charge in [0, 0.05) is 22.3 Å². The van der Waals surface area contributed by atoms with Crippen molar-refractivity contribution in [2.45, 2.75) is 32.4 Å². The molecule has 0 aliphatic carbocycles. The van der Waals surface area contributed by atoms with Crippen LogP contribution in [0.25, 0.3) is 10.2 Å². The maximum atomic E-state index is 13.0. The molecule has 1 aromatic heterocycles. The second kappa shape index (κ2) is 8.69. The fraction of sp³-hybridized carbons (Fsp3) is 0.333. The quantitative estimate of drug-likeness (QED) is 0.575. The van der Waals surface area contributed by atoms with Gasteiger partial charge in [0.05, 0.1) is 16.8 Å². The third-order valence-corrected chi connectivity index (χ3v) is 6.49. The number of amides is 1. The van der Waals surface area contributed by atoms with Gasteiger partial charge in [-0.2, -0.15) is 0 Å². The average Bonchev–Trinajstić information content (AvgIpc) is 3.11. The first-order chi connectivity index (χ1) is 13.6. The van der Waals surface area contributed by atoms with E-state index in [0.717, 1.165) is 39.9 Å². The van der Waals surface area contributed by atoms with E-state index in [2.05, 4.69) is 31.1 Å². The normalized spacial score (nSPS) is 15.1. The van der Waals surface area contributed by atoms with Gasteiger partial charge in [-0.3, -0.25) is 9.69 Å². The molecule has 1 amide bonds. The topological polar surface area (TPSA) is 65.5 Å². The molecule has 1 aliphatic rings. The van der Waals surface area contributed by atoms with Gasteiger partial charge in [-0.1, -0.05) is 22.4 Å². The number of aliphatic hydroxyl groups excluding tert-OH is 1. The zero-order valence-corrected chi connectivity index (χ0v) is 17.9. The van der Waals surface area contributed by atoms with Crippen molar-refractivity contribution in [1.82, 2.24) is 9.88 Å². The van der Waals surface area contributed by atoms with Gasteiger partial charge in [-0.15, -0.1) is 11.3 Å². The number of rotatable bonds is 5. The van der Waals surface area contributed by atoms with E-state index in [9.17, 15) is 9.90 Å². The molecule has 146 valence electrons. The summed E-state index contributed by atoms with van der Waals surface area (Å²) in [5.74, 6) is -0.114.